The molecule has 1 atom stereocenters. The Morgan fingerprint density at radius 2 is 2.24 bits per heavy atom. The number of aliphatic carboxylic acids is 1. The van der Waals surface area contributed by atoms with E-state index in [-0.39, 0.29) is 12.0 Å². The second-order valence-corrected chi connectivity index (χ2v) is 4.31. The molecular formula is C12H10FNO2S. The van der Waals surface area contributed by atoms with Crippen molar-refractivity contribution in [3.63, 3.8) is 0 Å². The standard InChI is InChI=1S/C12H10FNO2S/c13-11-4-2-1-3-9(11)10(12(15)16)5-8-6-17-7-14-8/h1-4,6-7,10H,5H2,(H,15,16). The highest BCUT2D eigenvalue weighted by Crippen LogP contribution is 2.23. The molecular weight excluding hydrogens is 241 g/mol. The van der Waals surface area contributed by atoms with Crippen LogP contribution < -0.4 is 0 Å². The highest BCUT2D eigenvalue weighted by Gasteiger charge is 2.23. The van der Waals surface area contributed by atoms with E-state index in [1.807, 2.05) is 0 Å². The van der Waals surface area contributed by atoms with E-state index in [9.17, 15) is 9.18 Å². The van der Waals surface area contributed by atoms with Gasteiger partial charge in [0.15, 0.2) is 0 Å². The van der Waals surface area contributed by atoms with E-state index in [2.05, 4.69) is 4.98 Å². The Morgan fingerprint density at radius 1 is 1.47 bits per heavy atom. The minimum absolute atomic E-state index is 0.202. The Bertz CT molecular complexity index is 513. The zero-order valence-electron chi connectivity index (χ0n) is 8.84. The second-order valence-electron chi connectivity index (χ2n) is 3.60. The number of rotatable bonds is 4. The monoisotopic (exact) mass is 251 g/mol. The van der Waals surface area contributed by atoms with Crippen LogP contribution in [0.25, 0.3) is 0 Å². The van der Waals surface area contributed by atoms with Gasteiger partial charge in [-0.15, -0.1) is 11.3 Å². The average molecular weight is 251 g/mol. The van der Waals surface area contributed by atoms with Crippen LogP contribution in [0.4, 0.5) is 4.39 Å². The summed E-state index contributed by atoms with van der Waals surface area (Å²) < 4.78 is 13.5. The van der Waals surface area contributed by atoms with Crippen LogP contribution in [-0.2, 0) is 11.2 Å². The van der Waals surface area contributed by atoms with Crippen LogP contribution >= 0.6 is 11.3 Å². The van der Waals surface area contributed by atoms with E-state index >= 15 is 0 Å². The third kappa shape index (κ3) is 2.68. The molecule has 17 heavy (non-hydrogen) atoms. The quantitative estimate of drug-likeness (QED) is 0.908. The lowest BCUT2D eigenvalue weighted by Gasteiger charge is -2.12. The lowest BCUT2D eigenvalue weighted by atomic mass is 9.94. The number of carboxylic acids is 1. The molecule has 0 radical (unpaired) electrons. The summed E-state index contributed by atoms with van der Waals surface area (Å²) in [6.07, 6.45) is 0.208. The molecule has 0 bridgehead atoms. The number of carboxylic acid groups (broad SMARTS) is 1. The molecule has 1 aromatic carbocycles. The average Bonchev–Trinajstić information content (AvgIpc) is 2.79. The fourth-order valence-corrected chi connectivity index (χ4v) is 2.21. The number of aromatic nitrogens is 1. The maximum Gasteiger partial charge on any atom is 0.311 e. The highest BCUT2D eigenvalue weighted by molar-refractivity contribution is 7.07. The number of hydrogen-bond acceptors (Lipinski definition) is 3. The molecule has 0 aliphatic heterocycles. The molecule has 2 aromatic rings. The summed E-state index contributed by atoms with van der Waals surface area (Å²) in [6.45, 7) is 0. The Kier molecular flexibility index (Phi) is 3.49. The Balaban J connectivity index is 2.30. The van der Waals surface area contributed by atoms with Gasteiger partial charge in [-0.05, 0) is 6.07 Å². The summed E-state index contributed by atoms with van der Waals surface area (Å²) in [6, 6.07) is 5.95. The van der Waals surface area contributed by atoms with Crippen molar-refractivity contribution in [3.05, 3.63) is 52.2 Å². The summed E-state index contributed by atoms with van der Waals surface area (Å²) in [7, 11) is 0. The van der Waals surface area contributed by atoms with Gasteiger partial charge in [-0.1, -0.05) is 18.2 Å². The molecule has 1 heterocycles. The molecule has 0 aliphatic rings. The van der Waals surface area contributed by atoms with Gasteiger partial charge in [0, 0.05) is 17.4 Å². The largest absolute Gasteiger partial charge is 0.481 e. The van der Waals surface area contributed by atoms with E-state index in [0.717, 1.165) is 0 Å². The fourth-order valence-electron chi connectivity index (χ4n) is 1.64. The summed E-state index contributed by atoms with van der Waals surface area (Å²) >= 11 is 1.39. The van der Waals surface area contributed by atoms with Crippen LogP contribution in [-0.4, -0.2) is 16.1 Å². The zero-order chi connectivity index (χ0) is 12.3. The molecule has 0 aliphatic carbocycles. The lowest BCUT2D eigenvalue weighted by molar-refractivity contribution is -0.138. The third-order valence-electron chi connectivity index (χ3n) is 2.48. The van der Waals surface area contributed by atoms with Crippen molar-refractivity contribution in [3.8, 4) is 0 Å². The van der Waals surface area contributed by atoms with Gasteiger partial charge >= 0.3 is 5.97 Å². The second kappa shape index (κ2) is 5.05. The van der Waals surface area contributed by atoms with E-state index < -0.39 is 17.7 Å². The van der Waals surface area contributed by atoms with Crippen molar-refractivity contribution in [1.29, 1.82) is 0 Å². The number of hydrogen-bond donors (Lipinski definition) is 1. The first kappa shape index (κ1) is 11.7. The first-order valence-corrected chi connectivity index (χ1v) is 5.97. The van der Waals surface area contributed by atoms with Crippen molar-refractivity contribution < 1.29 is 14.3 Å². The van der Waals surface area contributed by atoms with Crippen LogP contribution in [0.3, 0.4) is 0 Å². The van der Waals surface area contributed by atoms with Gasteiger partial charge in [-0.3, -0.25) is 4.79 Å². The Hall–Kier alpha value is -1.75. The van der Waals surface area contributed by atoms with E-state index in [4.69, 9.17) is 5.11 Å². The number of halogens is 1. The minimum Gasteiger partial charge on any atom is -0.481 e. The first-order valence-electron chi connectivity index (χ1n) is 5.03. The lowest BCUT2D eigenvalue weighted by Crippen LogP contribution is -2.16. The van der Waals surface area contributed by atoms with Gasteiger partial charge in [-0.25, -0.2) is 9.37 Å². The van der Waals surface area contributed by atoms with Gasteiger partial charge in [-0.2, -0.15) is 0 Å². The normalized spacial score (nSPS) is 12.3. The van der Waals surface area contributed by atoms with Crippen molar-refractivity contribution in [1.82, 2.24) is 4.98 Å². The number of carbonyl (C=O) groups is 1. The molecule has 2 rings (SSSR count). The number of benzene rings is 1. The number of thiazole rings is 1. The van der Waals surface area contributed by atoms with E-state index in [0.29, 0.717) is 5.69 Å². The maximum absolute atomic E-state index is 13.5. The van der Waals surface area contributed by atoms with E-state index in [1.54, 1.807) is 23.0 Å². The van der Waals surface area contributed by atoms with Gasteiger partial charge in [0.25, 0.3) is 0 Å². The van der Waals surface area contributed by atoms with E-state index in [1.165, 1.54) is 23.5 Å². The van der Waals surface area contributed by atoms with Gasteiger partial charge in [0.1, 0.15) is 5.82 Å². The Labute approximate surface area is 102 Å². The molecule has 0 spiro atoms. The SMILES string of the molecule is O=C(O)C(Cc1cscn1)c1ccccc1F. The zero-order valence-corrected chi connectivity index (χ0v) is 9.65. The van der Waals surface area contributed by atoms with Crippen molar-refractivity contribution >= 4 is 17.3 Å². The summed E-state index contributed by atoms with van der Waals surface area (Å²) in [5.41, 5.74) is 2.51. The predicted molar refractivity (Wildman–Crippen MR) is 62.6 cm³/mol. The summed E-state index contributed by atoms with van der Waals surface area (Å²) in [4.78, 5) is 15.2. The van der Waals surface area contributed by atoms with Crippen molar-refractivity contribution in [2.24, 2.45) is 0 Å². The molecule has 1 unspecified atom stereocenters. The molecule has 3 nitrogen and oxygen atoms in total. The maximum atomic E-state index is 13.5. The van der Waals surface area contributed by atoms with Crippen LogP contribution in [0, 0.1) is 5.82 Å². The van der Waals surface area contributed by atoms with Crippen LogP contribution in [0.15, 0.2) is 35.2 Å². The highest BCUT2D eigenvalue weighted by atomic mass is 32.1. The van der Waals surface area contributed by atoms with Crippen molar-refractivity contribution in [2.45, 2.75) is 12.3 Å². The molecule has 5 heteroatoms. The van der Waals surface area contributed by atoms with Gasteiger partial charge in [0.05, 0.1) is 17.1 Å². The molecule has 0 saturated carbocycles. The molecule has 0 amide bonds. The predicted octanol–water partition coefficient (Wildman–Crippen LogP) is 2.69. The third-order valence-corrected chi connectivity index (χ3v) is 3.11. The van der Waals surface area contributed by atoms with Crippen LogP contribution in [0.2, 0.25) is 0 Å². The van der Waals surface area contributed by atoms with Crippen molar-refractivity contribution in [2.75, 3.05) is 0 Å². The minimum atomic E-state index is -1.04. The molecule has 0 fully saturated rings. The fraction of sp³-hybridized carbons (Fsp3) is 0.167. The summed E-state index contributed by atoms with van der Waals surface area (Å²) in [5.74, 6) is -2.42. The van der Waals surface area contributed by atoms with Gasteiger partial charge in [0.2, 0.25) is 0 Å². The van der Waals surface area contributed by atoms with Gasteiger partial charge < -0.3 is 5.11 Å². The number of nitrogens with zero attached hydrogens (tertiary/aromatic N) is 1. The molecule has 1 N–H and O–H groups in total. The van der Waals surface area contributed by atoms with Crippen LogP contribution in [0.5, 0.6) is 0 Å². The smallest absolute Gasteiger partial charge is 0.311 e. The molecule has 0 saturated heterocycles. The molecule has 88 valence electrons. The molecule has 1 aromatic heterocycles. The first-order chi connectivity index (χ1) is 8.18. The van der Waals surface area contributed by atoms with Crippen LogP contribution in [0.1, 0.15) is 17.2 Å². The summed E-state index contributed by atoms with van der Waals surface area (Å²) in [5, 5.41) is 10.9. The Morgan fingerprint density at radius 3 is 2.82 bits per heavy atom. The topological polar surface area (TPSA) is 50.2 Å².